The van der Waals surface area contributed by atoms with Gasteiger partial charge in [-0.2, -0.15) is 0 Å². The van der Waals surface area contributed by atoms with Gasteiger partial charge in [0.05, 0.1) is 0 Å². The number of aryl methyl sites for hydroxylation is 1. The predicted molar refractivity (Wildman–Crippen MR) is 96.0 cm³/mol. The first-order valence-corrected chi connectivity index (χ1v) is 7.90. The second kappa shape index (κ2) is 9.26. The van der Waals surface area contributed by atoms with Crippen LogP contribution in [0.5, 0.6) is 0 Å². The van der Waals surface area contributed by atoms with Crippen molar-refractivity contribution >= 4 is 17.8 Å². The Hall–Kier alpha value is -2.94. The van der Waals surface area contributed by atoms with Crippen LogP contribution in [0.25, 0.3) is 6.08 Å². The summed E-state index contributed by atoms with van der Waals surface area (Å²) in [6.45, 7) is 0. The highest BCUT2D eigenvalue weighted by atomic mass is 16.4. The molecule has 2 aromatic rings. The lowest BCUT2D eigenvalue weighted by molar-refractivity contribution is -0.137. The predicted octanol–water partition coefficient (Wildman–Crippen LogP) is 4.55. The summed E-state index contributed by atoms with van der Waals surface area (Å²) >= 11 is 0. The van der Waals surface area contributed by atoms with E-state index in [0.717, 1.165) is 11.1 Å². The van der Waals surface area contributed by atoms with Crippen molar-refractivity contribution in [3.05, 3.63) is 89.5 Å². The molecule has 0 spiro atoms. The van der Waals surface area contributed by atoms with E-state index in [-0.39, 0.29) is 12.2 Å². The van der Waals surface area contributed by atoms with Crippen LogP contribution in [-0.2, 0) is 11.2 Å². The Morgan fingerprint density at radius 3 is 2.29 bits per heavy atom. The highest BCUT2D eigenvalue weighted by Crippen LogP contribution is 2.09. The molecule has 122 valence electrons. The number of carboxylic acid groups (broad SMARTS) is 1. The largest absolute Gasteiger partial charge is 0.481 e. The minimum Gasteiger partial charge on any atom is -0.481 e. The van der Waals surface area contributed by atoms with Crippen molar-refractivity contribution in [2.24, 2.45) is 0 Å². The number of benzene rings is 2. The fourth-order valence-corrected chi connectivity index (χ4v) is 2.25. The number of hydrogen-bond donors (Lipinski definition) is 1. The second-order valence-corrected chi connectivity index (χ2v) is 5.44. The summed E-state index contributed by atoms with van der Waals surface area (Å²) in [6, 6.07) is 17.2. The molecule has 0 heterocycles. The fourth-order valence-electron chi connectivity index (χ4n) is 2.25. The number of rotatable bonds is 8. The van der Waals surface area contributed by atoms with E-state index in [2.05, 4.69) is 0 Å². The van der Waals surface area contributed by atoms with Gasteiger partial charge in [0.1, 0.15) is 0 Å². The van der Waals surface area contributed by atoms with Crippen molar-refractivity contribution in [1.29, 1.82) is 0 Å². The van der Waals surface area contributed by atoms with Crippen molar-refractivity contribution in [1.82, 2.24) is 0 Å². The molecule has 0 aliphatic rings. The normalized spacial score (nSPS) is 11.2. The Balaban J connectivity index is 1.87. The fraction of sp³-hybridized carbons (Fsp3) is 0.143. The van der Waals surface area contributed by atoms with Crippen LogP contribution in [0.3, 0.4) is 0 Å². The molecule has 0 atom stereocenters. The maximum absolute atomic E-state index is 12.1. The summed E-state index contributed by atoms with van der Waals surface area (Å²) in [5, 5.41) is 8.63. The van der Waals surface area contributed by atoms with E-state index in [1.807, 2.05) is 54.6 Å². The van der Waals surface area contributed by atoms with Gasteiger partial charge in [0.2, 0.25) is 0 Å². The number of carboxylic acids is 1. The molecule has 3 nitrogen and oxygen atoms in total. The van der Waals surface area contributed by atoms with Gasteiger partial charge in [-0.1, -0.05) is 72.8 Å². The van der Waals surface area contributed by atoms with E-state index in [9.17, 15) is 9.59 Å². The van der Waals surface area contributed by atoms with Crippen molar-refractivity contribution < 1.29 is 14.7 Å². The van der Waals surface area contributed by atoms with Gasteiger partial charge in [-0.3, -0.25) is 9.59 Å². The third-order valence-electron chi connectivity index (χ3n) is 3.54. The minimum atomic E-state index is -0.782. The molecule has 2 aromatic carbocycles. The molecule has 0 unspecified atom stereocenters. The molecule has 1 N–H and O–H groups in total. The zero-order valence-electron chi connectivity index (χ0n) is 13.4. The first kappa shape index (κ1) is 17.4. The molecule has 3 heteroatoms. The maximum atomic E-state index is 12.1. The van der Waals surface area contributed by atoms with E-state index in [4.69, 9.17) is 5.11 Å². The highest BCUT2D eigenvalue weighted by molar-refractivity contribution is 6.04. The van der Waals surface area contributed by atoms with E-state index in [1.54, 1.807) is 24.3 Å². The Morgan fingerprint density at radius 1 is 0.917 bits per heavy atom. The highest BCUT2D eigenvalue weighted by Gasteiger charge is 2.02. The third kappa shape index (κ3) is 6.05. The van der Waals surface area contributed by atoms with Crippen molar-refractivity contribution in [2.75, 3.05) is 0 Å². The first-order valence-electron chi connectivity index (χ1n) is 7.90. The van der Waals surface area contributed by atoms with Gasteiger partial charge in [-0.25, -0.2) is 0 Å². The quantitative estimate of drug-likeness (QED) is 0.441. The molecular weight excluding hydrogens is 300 g/mol. The van der Waals surface area contributed by atoms with Gasteiger partial charge in [0.15, 0.2) is 5.78 Å². The molecule has 0 radical (unpaired) electrons. The summed E-state index contributed by atoms with van der Waals surface area (Å²) in [5.74, 6) is -0.833. The SMILES string of the molecule is O=C(O)CCCc1ccc(C(=O)C=CC=Cc2ccccc2)cc1. The zero-order chi connectivity index (χ0) is 17.2. The molecular formula is C21H20O3. The zero-order valence-corrected chi connectivity index (χ0v) is 13.4. The number of hydrogen-bond acceptors (Lipinski definition) is 2. The Bertz CT molecular complexity index is 725. The van der Waals surface area contributed by atoms with Gasteiger partial charge < -0.3 is 5.11 Å². The van der Waals surface area contributed by atoms with Gasteiger partial charge in [0.25, 0.3) is 0 Å². The smallest absolute Gasteiger partial charge is 0.303 e. The van der Waals surface area contributed by atoms with E-state index >= 15 is 0 Å². The molecule has 24 heavy (non-hydrogen) atoms. The van der Waals surface area contributed by atoms with Crippen LogP contribution in [0, 0.1) is 0 Å². The molecule has 0 aromatic heterocycles. The van der Waals surface area contributed by atoms with Crippen LogP contribution in [0.2, 0.25) is 0 Å². The van der Waals surface area contributed by atoms with Crippen molar-refractivity contribution in [3.63, 3.8) is 0 Å². The molecule has 0 saturated carbocycles. The van der Waals surface area contributed by atoms with Crippen LogP contribution in [0.1, 0.15) is 34.3 Å². The van der Waals surface area contributed by atoms with Crippen LogP contribution in [-0.4, -0.2) is 16.9 Å². The summed E-state index contributed by atoms with van der Waals surface area (Å²) in [4.78, 5) is 22.6. The first-order chi connectivity index (χ1) is 11.6. The van der Waals surface area contributed by atoms with Crippen molar-refractivity contribution in [3.8, 4) is 0 Å². The van der Waals surface area contributed by atoms with E-state index in [1.165, 1.54) is 0 Å². The third-order valence-corrected chi connectivity index (χ3v) is 3.54. The Labute approximate surface area is 142 Å². The topological polar surface area (TPSA) is 54.4 Å². The summed E-state index contributed by atoms with van der Waals surface area (Å²) in [6.07, 6.45) is 8.53. The second-order valence-electron chi connectivity index (χ2n) is 5.44. The monoisotopic (exact) mass is 320 g/mol. The molecule has 0 bridgehead atoms. The molecule has 0 aliphatic carbocycles. The van der Waals surface area contributed by atoms with E-state index < -0.39 is 5.97 Å². The Kier molecular flexibility index (Phi) is 6.72. The Morgan fingerprint density at radius 2 is 1.62 bits per heavy atom. The maximum Gasteiger partial charge on any atom is 0.303 e. The average molecular weight is 320 g/mol. The van der Waals surface area contributed by atoms with Crippen LogP contribution in [0.4, 0.5) is 0 Å². The van der Waals surface area contributed by atoms with Gasteiger partial charge >= 0.3 is 5.97 Å². The molecule has 0 fully saturated rings. The number of allylic oxidation sites excluding steroid dienone is 3. The lowest BCUT2D eigenvalue weighted by Gasteiger charge is -2.01. The molecule has 0 amide bonds. The average Bonchev–Trinajstić information content (AvgIpc) is 2.60. The lowest BCUT2D eigenvalue weighted by Crippen LogP contribution is -1.97. The standard InChI is InChI=1S/C21H20O3/c22-20(11-5-4-9-17-7-2-1-3-8-17)19-15-13-18(14-16-19)10-6-12-21(23)24/h1-5,7-9,11,13-16H,6,10,12H2,(H,23,24). The summed E-state index contributed by atoms with van der Waals surface area (Å²) < 4.78 is 0. The van der Waals surface area contributed by atoms with Gasteiger partial charge in [0, 0.05) is 12.0 Å². The number of carbonyl (C=O) groups is 2. The summed E-state index contributed by atoms with van der Waals surface area (Å²) in [5.41, 5.74) is 2.75. The number of ketones is 1. The van der Waals surface area contributed by atoms with E-state index in [0.29, 0.717) is 18.4 Å². The van der Waals surface area contributed by atoms with Gasteiger partial charge in [-0.05, 0) is 30.0 Å². The van der Waals surface area contributed by atoms with Crippen molar-refractivity contribution in [2.45, 2.75) is 19.3 Å². The van der Waals surface area contributed by atoms with Crippen LogP contribution < -0.4 is 0 Å². The van der Waals surface area contributed by atoms with Crippen LogP contribution >= 0.6 is 0 Å². The molecule has 0 aliphatic heterocycles. The lowest BCUT2D eigenvalue weighted by atomic mass is 10.0. The van der Waals surface area contributed by atoms with Gasteiger partial charge in [-0.15, -0.1) is 0 Å². The molecule has 0 saturated heterocycles. The summed E-state index contributed by atoms with van der Waals surface area (Å²) in [7, 11) is 0. The number of carbonyl (C=O) groups excluding carboxylic acids is 1. The van der Waals surface area contributed by atoms with Crippen LogP contribution in [0.15, 0.2) is 72.8 Å². The minimum absolute atomic E-state index is 0.0511. The number of aliphatic carboxylic acids is 1. The molecule has 2 rings (SSSR count).